The standard InChI is InChI=1S/C15H13I/c16-15-13-8-7-12(10-13)14(15)9-6-11-4-2-1-3-5-11/h1-5,7-8,12-15H,10H2/t12-,13+,14+,15-/m0/s1. The number of allylic oxidation sites excluding steroid dienone is 2. The summed E-state index contributed by atoms with van der Waals surface area (Å²) in [5.74, 6) is 8.84. The van der Waals surface area contributed by atoms with E-state index < -0.39 is 0 Å². The normalized spacial score (nSPS) is 34.8. The number of benzene rings is 1. The highest BCUT2D eigenvalue weighted by atomic mass is 127. The van der Waals surface area contributed by atoms with Crippen LogP contribution in [-0.4, -0.2) is 3.92 Å². The van der Waals surface area contributed by atoms with Gasteiger partial charge in [-0.1, -0.05) is 64.8 Å². The molecule has 0 spiro atoms. The third-order valence-corrected chi connectivity index (χ3v) is 5.22. The predicted molar refractivity (Wildman–Crippen MR) is 75.4 cm³/mol. The molecule has 0 aromatic heterocycles. The molecule has 16 heavy (non-hydrogen) atoms. The van der Waals surface area contributed by atoms with Crippen molar-refractivity contribution in [3.63, 3.8) is 0 Å². The lowest BCUT2D eigenvalue weighted by molar-refractivity contribution is 0.590. The molecule has 0 amide bonds. The fourth-order valence-electron chi connectivity index (χ4n) is 2.64. The van der Waals surface area contributed by atoms with Crippen molar-refractivity contribution >= 4 is 22.6 Å². The smallest absolute Gasteiger partial charge is 0.0392 e. The van der Waals surface area contributed by atoms with Crippen molar-refractivity contribution in [2.75, 3.05) is 0 Å². The molecule has 0 N–H and O–H groups in total. The SMILES string of the molecule is I[C@@H]1[C@H](C#Cc2ccccc2)[C@H]2C=C[C@@H]1C2. The van der Waals surface area contributed by atoms with Crippen LogP contribution in [0.1, 0.15) is 12.0 Å². The minimum atomic E-state index is 0.566. The predicted octanol–water partition coefficient (Wildman–Crippen LogP) is 3.66. The zero-order valence-electron chi connectivity index (χ0n) is 8.94. The molecule has 1 heteroatoms. The average molecular weight is 320 g/mol. The van der Waals surface area contributed by atoms with Crippen LogP contribution < -0.4 is 0 Å². The van der Waals surface area contributed by atoms with E-state index in [-0.39, 0.29) is 0 Å². The Bertz CT molecular complexity index is 463. The van der Waals surface area contributed by atoms with E-state index in [2.05, 4.69) is 58.7 Å². The van der Waals surface area contributed by atoms with Gasteiger partial charge in [0.1, 0.15) is 0 Å². The fourth-order valence-corrected chi connectivity index (χ4v) is 3.88. The molecule has 0 aliphatic heterocycles. The van der Waals surface area contributed by atoms with Crippen LogP contribution in [0.3, 0.4) is 0 Å². The molecule has 1 fully saturated rings. The topological polar surface area (TPSA) is 0 Å². The summed E-state index contributed by atoms with van der Waals surface area (Å²) < 4.78 is 0.712. The van der Waals surface area contributed by atoms with Crippen LogP contribution >= 0.6 is 22.6 Å². The Morgan fingerprint density at radius 1 is 1.06 bits per heavy atom. The van der Waals surface area contributed by atoms with Crippen molar-refractivity contribution in [2.45, 2.75) is 10.3 Å². The first-order chi connectivity index (χ1) is 7.84. The highest BCUT2D eigenvalue weighted by Gasteiger charge is 2.42. The quantitative estimate of drug-likeness (QED) is 0.296. The summed E-state index contributed by atoms with van der Waals surface area (Å²) in [6, 6.07) is 10.3. The van der Waals surface area contributed by atoms with Crippen LogP contribution in [0.15, 0.2) is 42.5 Å². The molecule has 0 heterocycles. The molecule has 0 unspecified atom stereocenters. The van der Waals surface area contributed by atoms with Gasteiger partial charge in [-0.2, -0.15) is 0 Å². The van der Waals surface area contributed by atoms with Crippen molar-refractivity contribution in [1.29, 1.82) is 0 Å². The highest BCUT2D eigenvalue weighted by molar-refractivity contribution is 14.1. The summed E-state index contributed by atoms with van der Waals surface area (Å²) in [5.41, 5.74) is 1.14. The minimum Gasteiger partial charge on any atom is -0.0927 e. The number of fused-ring (bicyclic) bond motifs is 2. The number of alkyl halides is 1. The number of hydrogen-bond acceptors (Lipinski definition) is 0. The lowest BCUT2D eigenvalue weighted by Gasteiger charge is -2.17. The van der Waals surface area contributed by atoms with E-state index in [0.29, 0.717) is 15.8 Å². The van der Waals surface area contributed by atoms with Gasteiger partial charge in [0.2, 0.25) is 0 Å². The summed E-state index contributed by atoms with van der Waals surface area (Å²) in [7, 11) is 0. The summed E-state index contributed by atoms with van der Waals surface area (Å²) in [5, 5.41) is 0. The molecule has 0 saturated heterocycles. The lowest BCUT2D eigenvalue weighted by Crippen LogP contribution is -2.17. The second-order valence-corrected chi connectivity index (χ2v) is 5.99. The molecular formula is C15H13I. The van der Waals surface area contributed by atoms with Crippen LogP contribution in [0.4, 0.5) is 0 Å². The molecule has 0 radical (unpaired) electrons. The summed E-state index contributed by atoms with van der Waals surface area (Å²) in [6.45, 7) is 0. The summed E-state index contributed by atoms with van der Waals surface area (Å²) in [6.07, 6.45) is 6.06. The maximum atomic E-state index is 3.47. The molecule has 0 nitrogen and oxygen atoms in total. The Hall–Kier alpha value is -0.750. The van der Waals surface area contributed by atoms with Gasteiger partial charge in [-0.25, -0.2) is 0 Å². The van der Waals surface area contributed by atoms with E-state index in [0.717, 1.165) is 11.5 Å². The van der Waals surface area contributed by atoms with Gasteiger partial charge in [0.05, 0.1) is 0 Å². The number of halogens is 1. The Morgan fingerprint density at radius 3 is 2.50 bits per heavy atom. The molecule has 1 aromatic rings. The first kappa shape index (κ1) is 10.4. The molecule has 1 aromatic carbocycles. The molecule has 80 valence electrons. The third kappa shape index (κ3) is 1.80. The molecule has 1 saturated carbocycles. The third-order valence-electron chi connectivity index (χ3n) is 3.52. The van der Waals surface area contributed by atoms with Crippen molar-refractivity contribution in [3.05, 3.63) is 48.0 Å². The van der Waals surface area contributed by atoms with Crippen LogP contribution in [0.2, 0.25) is 0 Å². The minimum absolute atomic E-state index is 0.566. The van der Waals surface area contributed by atoms with E-state index in [1.54, 1.807) is 0 Å². The molecule has 2 aliphatic rings. The Morgan fingerprint density at radius 2 is 1.81 bits per heavy atom. The van der Waals surface area contributed by atoms with Gasteiger partial charge in [0.25, 0.3) is 0 Å². The molecule has 4 atom stereocenters. The van der Waals surface area contributed by atoms with Gasteiger partial charge in [-0.3, -0.25) is 0 Å². The van der Waals surface area contributed by atoms with E-state index in [1.165, 1.54) is 6.42 Å². The van der Waals surface area contributed by atoms with E-state index >= 15 is 0 Å². The van der Waals surface area contributed by atoms with Gasteiger partial charge >= 0.3 is 0 Å². The van der Waals surface area contributed by atoms with Gasteiger partial charge in [-0.05, 0) is 30.4 Å². The monoisotopic (exact) mass is 320 g/mol. The van der Waals surface area contributed by atoms with Gasteiger partial charge in [-0.15, -0.1) is 0 Å². The van der Waals surface area contributed by atoms with Crippen LogP contribution in [0.5, 0.6) is 0 Å². The first-order valence-corrected chi connectivity index (χ1v) is 6.98. The van der Waals surface area contributed by atoms with Crippen molar-refractivity contribution in [3.8, 4) is 11.8 Å². The van der Waals surface area contributed by atoms with E-state index in [4.69, 9.17) is 0 Å². The lowest BCUT2D eigenvalue weighted by atomic mass is 9.94. The van der Waals surface area contributed by atoms with E-state index in [9.17, 15) is 0 Å². The van der Waals surface area contributed by atoms with Gasteiger partial charge in [0, 0.05) is 15.4 Å². The van der Waals surface area contributed by atoms with Crippen LogP contribution in [0, 0.1) is 29.6 Å². The van der Waals surface area contributed by atoms with Crippen molar-refractivity contribution < 1.29 is 0 Å². The first-order valence-electron chi connectivity index (χ1n) is 5.73. The molecular weight excluding hydrogens is 307 g/mol. The maximum Gasteiger partial charge on any atom is 0.0392 e. The Kier molecular flexibility index (Phi) is 2.77. The molecule has 2 bridgehead atoms. The number of rotatable bonds is 0. The number of hydrogen-bond donors (Lipinski definition) is 0. The zero-order valence-corrected chi connectivity index (χ0v) is 11.1. The molecule has 2 aliphatic carbocycles. The summed E-state index contributed by atoms with van der Waals surface area (Å²) >= 11 is 2.58. The summed E-state index contributed by atoms with van der Waals surface area (Å²) in [4.78, 5) is 0. The largest absolute Gasteiger partial charge is 0.0927 e. The second kappa shape index (κ2) is 4.25. The van der Waals surface area contributed by atoms with Crippen LogP contribution in [0.25, 0.3) is 0 Å². The average Bonchev–Trinajstić information content (AvgIpc) is 2.89. The maximum absolute atomic E-state index is 3.47. The second-order valence-electron chi connectivity index (χ2n) is 4.55. The van der Waals surface area contributed by atoms with Crippen LogP contribution in [-0.2, 0) is 0 Å². The van der Waals surface area contributed by atoms with Gasteiger partial charge < -0.3 is 0 Å². The Balaban J connectivity index is 1.82. The van der Waals surface area contributed by atoms with Crippen molar-refractivity contribution in [1.82, 2.24) is 0 Å². The van der Waals surface area contributed by atoms with E-state index in [1.807, 2.05) is 18.2 Å². The van der Waals surface area contributed by atoms with Crippen molar-refractivity contribution in [2.24, 2.45) is 17.8 Å². The fraction of sp³-hybridized carbons (Fsp3) is 0.333. The molecule has 3 rings (SSSR count). The Labute approximate surface area is 110 Å². The zero-order chi connectivity index (χ0) is 11.0. The highest BCUT2D eigenvalue weighted by Crippen LogP contribution is 2.47. The van der Waals surface area contributed by atoms with Gasteiger partial charge in [0.15, 0.2) is 0 Å².